The lowest BCUT2D eigenvalue weighted by atomic mass is 10.1. The van der Waals surface area contributed by atoms with E-state index >= 15 is 0 Å². The Labute approximate surface area is 141 Å². The summed E-state index contributed by atoms with van der Waals surface area (Å²) >= 11 is 0. The summed E-state index contributed by atoms with van der Waals surface area (Å²) < 4.78 is 14.9. The summed E-state index contributed by atoms with van der Waals surface area (Å²) in [6.07, 6.45) is 1.04. The van der Waals surface area contributed by atoms with Crippen LogP contribution in [0.3, 0.4) is 0 Å². The van der Waals surface area contributed by atoms with Gasteiger partial charge in [0.1, 0.15) is 6.26 Å². The second-order valence-corrected chi connectivity index (χ2v) is 4.59. The molecule has 1 aromatic carbocycles. The van der Waals surface area contributed by atoms with Crippen molar-refractivity contribution in [1.29, 1.82) is 0 Å². The van der Waals surface area contributed by atoms with Crippen LogP contribution in [-0.2, 0) is 4.74 Å². The lowest BCUT2D eigenvalue weighted by molar-refractivity contribution is -0.385. The number of anilines is 1. The van der Waals surface area contributed by atoms with Crippen LogP contribution in [0.15, 0.2) is 28.9 Å². The topological polar surface area (TPSA) is 134 Å². The molecule has 10 nitrogen and oxygen atoms in total. The molecule has 0 atom stereocenters. The fourth-order valence-corrected chi connectivity index (χ4v) is 1.88. The van der Waals surface area contributed by atoms with Crippen LogP contribution in [0, 0.1) is 10.1 Å². The molecule has 0 saturated heterocycles. The highest BCUT2D eigenvalue weighted by Gasteiger charge is 2.20. The number of hydrogen-bond donors (Lipinski definition) is 1. The first-order valence-corrected chi connectivity index (χ1v) is 7.31. The predicted molar refractivity (Wildman–Crippen MR) is 84.7 cm³/mol. The van der Waals surface area contributed by atoms with Crippen molar-refractivity contribution in [3.63, 3.8) is 0 Å². The van der Waals surface area contributed by atoms with E-state index < -0.39 is 16.8 Å². The number of oxazole rings is 1. The van der Waals surface area contributed by atoms with Crippen molar-refractivity contribution in [1.82, 2.24) is 4.98 Å². The van der Waals surface area contributed by atoms with Crippen molar-refractivity contribution in [3.05, 3.63) is 45.8 Å². The van der Waals surface area contributed by atoms with E-state index in [1.165, 1.54) is 12.1 Å². The Morgan fingerprint density at radius 3 is 2.72 bits per heavy atom. The van der Waals surface area contributed by atoms with Crippen molar-refractivity contribution in [2.75, 3.05) is 18.5 Å². The largest absolute Gasteiger partial charge is 0.487 e. The number of carbonyl (C=O) groups excluding carboxylic acids is 2. The number of ether oxygens (including phenoxy) is 2. The van der Waals surface area contributed by atoms with Crippen molar-refractivity contribution in [2.24, 2.45) is 0 Å². The molecular weight excluding hydrogens is 334 g/mol. The molecule has 1 heterocycles. The van der Waals surface area contributed by atoms with Crippen molar-refractivity contribution >= 4 is 23.6 Å². The molecule has 2 rings (SSSR count). The van der Waals surface area contributed by atoms with Crippen LogP contribution in [0.2, 0.25) is 0 Å². The number of aromatic nitrogens is 1. The zero-order chi connectivity index (χ0) is 18.4. The Morgan fingerprint density at radius 1 is 1.32 bits per heavy atom. The highest BCUT2D eigenvalue weighted by Crippen LogP contribution is 2.28. The number of carbonyl (C=O) groups is 2. The first-order chi connectivity index (χ1) is 12.0. The van der Waals surface area contributed by atoms with E-state index in [0.717, 1.165) is 12.3 Å². The number of nitro benzene ring substituents is 1. The molecule has 0 saturated carbocycles. The van der Waals surface area contributed by atoms with Gasteiger partial charge in [0, 0.05) is 11.6 Å². The molecule has 0 aliphatic heterocycles. The summed E-state index contributed by atoms with van der Waals surface area (Å²) in [6, 6.07) is 3.54. The first kappa shape index (κ1) is 17.9. The van der Waals surface area contributed by atoms with Gasteiger partial charge in [0.25, 0.3) is 5.91 Å². The van der Waals surface area contributed by atoms with Gasteiger partial charge >= 0.3 is 17.7 Å². The third kappa shape index (κ3) is 4.31. The van der Waals surface area contributed by atoms with E-state index in [-0.39, 0.29) is 41.9 Å². The van der Waals surface area contributed by atoms with Crippen LogP contribution in [0.1, 0.15) is 34.7 Å². The van der Waals surface area contributed by atoms with Crippen LogP contribution >= 0.6 is 0 Å². The molecule has 0 spiro atoms. The maximum absolute atomic E-state index is 12.2. The summed E-state index contributed by atoms with van der Waals surface area (Å²) in [7, 11) is 0. The summed E-state index contributed by atoms with van der Waals surface area (Å²) in [6.45, 7) is 3.75. The average Bonchev–Trinajstić information content (AvgIpc) is 3.04. The van der Waals surface area contributed by atoms with E-state index in [2.05, 4.69) is 10.3 Å². The lowest BCUT2D eigenvalue weighted by Crippen LogP contribution is -2.13. The van der Waals surface area contributed by atoms with Crippen LogP contribution in [0.5, 0.6) is 5.75 Å². The molecular formula is C15H15N3O7. The summed E-state index contributed by atoms with van der Waals surface area (Å²) in [5.41, 5.74) is -0.435. The number of rotatable bonds is 7. The van der Waals surface area contributed by atoms with Gasteiger partial charge in [0.05, 0.1) is 18.1 Å². The molecule has 2 aromatic rings. The van der Waals surface area contributed by atoms with Gasteiger partial charge in [-0.3, -0.25) is 20.2 Å². The maximum Gasteiger partial charge on any atom is 0.360 e. The van der Waals surface area contributed by atoms with E-state index in [1.54, 1.807) is 13.8 Å². The van der Waals surface area contributed by atoms with Crippen LogP contribution in [0.4, 0.5) is 11.7 Å². The SMILES string of the molecule is CCOC(=O)c1coc(NC(=O)c2ccc(OCC)c([N+](=O)[O-])c2)n1. The van der Waals surface area contributed by atoms with Crippen LogP contribution in [0.25, 0.3) is 0 Å². The van der Waals surface area contributed by atoms with Gasteiger partial charge in [-0.05, 0) is 26.0 Å². The minimum absolute atomic E-state index is 0.00559. The Morgan fingerprint density at radius 2 is 2.08 bits per heavy atom. The quantitative estimate of drug-likeness (QED) is 0.457. The second kappa shape index (κ2) is 7.90. The van der Waals surface area contributed by atoms with Crippen molar-refractivity contribution < 1.29 is 28.4 Å². The smallest absolute Gasteiger partial charge is 0.360 e. The summed E-state index contributed by atoms with van der Waals surface area (Å²) in [4.78, 5) is 37.9. The Kier molecular flexibility index (Phi) is 5.66. The fourth-order valence-electron chi connectivity index (χ4n) is 1.88. The summed E-state index contributed by atoms with van der Waals surface area (Å²) in [5.74, 6) is -1.32. The highest BCUT2D eigenvalue weighted by atomic mass is 16.6. The molecule has 1 N–H and O–H groups in total. The molecule has 10 heteroatoms. The van der Waals surface area contributed by atoms with Crippen LogP contribution < -0.4 is 10.1 Å². The first-order valence-electron chi connectivity index (χ1n) is 7.31. The number of hydrogen-bond acceptors (Lipinski definition) is 8. The van der Waals surface area contributed by atoms with Gasteiger partial charge < -0.3 is 13.9 Å². The monoisotopic (exact) mass is 349 g/mol. The molecule has 0 unspecified atom stereocenters. The molecule has 0 aliphatic carbocycles. The number of nitrogens with zero attached hydrogens (tertiary/aromatic N) is 2. The predicted octanol–water partition coefficient (Wildman–Crippen LogP) is 2.41. The number of benzene rings is 1. The Bertz CT molecular complexity index is 800. The number of nitrogens with one attached hydrogen (secondary N) is 1. The van der Waals surface area contributed by atoms with Gasteiger partial charge in [-0.25, -0.2) is 4.79 Å². The molecule has 0 fully saturated rings. The normalized spacial score (nSPS) is 10.2. The van der Waals surface area contributed by atoms with E-state index in [1.807, 2.05) is 0 Å². The zero-order valence-electron chi connectivity index (χ0n) is 13.5. The van der Waals surface area contributed by atoms with Gasteiger partial charge in [-0.1, -0.05) is 0 Å². The summed E-state index contributed by atoms with van der Waals surface area (Å²) in [5, 5.41) is 13.4. The molecule has 132 valence electrons. The third-order valence-electron chi connectivity index (χ3n) is 2.93. The van der Waals surface area contributed by atoms with Crippen molar-refractivity contribution in [3.8, 4) is 5.75 Å². The number of amides is 1. The molecule has 25 heavy (non-hydrogen) atoms. The van der Waals surface area contributed by atoms with E-state index in [9.17, 15) is 19.7 Å². The van der Waals surface area contributed by atoms with Gasteiger partial charge in [-0.2, -0.15) is 4.98 Å². The van der Waals surface area contributed by atoms with E-state index in [0.29, 0.717) is 0 Å². The molecule has 1 amide bonds. The minimum Gasteiger partial charge on any atom is -0.487 e. The zero-order valence-corrected chi connectivity index (χ0v) is 13.5. The Hall–Kier alpha value is -3.43. The van der Waals surface area contributed by atoms with Crippen LogP contribution in [-0.4, -0.2) is 35.0 Å². The maximum atomic E-state index is 12.2. The number of nitro groups is 1. The fraction of sp³-hybridized carbons (Fsp3) is 0.267. The molecule has 0 radical (unpaired) electrons. The molecule has 0 bridgehead atoms. The van der Waals surface area contributed by atoms with Gasteiger partial charge in [0.15, 0.2) is 11.4 Å². The van der Waals surface area contributed by atoms with Crippen molar-refractivity contribution in [2.45, 2.75) is 13.8 Å². The minimum atomic E-state index is -0.691. The number of esters is 1. The molecule has 0 aliphatic rings. The van der Waals surface area contributed by atoms with Gasteiger partial charge in [0.2, 0.25) is 0 Å². The standard InChI is InChI=1S/C15H15N3O7/c1-3-23-12-6-5-9(7-11(12)18(21)22)13(19)17-15-16-10(8-25-15)14(20)24-4-2/h5-8H,3-4H2,1-2H3,(H,16,17,19). The van der Waals surface area contributed by atoms with Gasteiger partial charge in [-0.15, -0.1) is 0 Å². The second-order valence-electron chi connectivity index (χ2n) is 4.59. The average molecular weight is 349 g/mol. The van der Waals surface area contributed by atoms with E-state index in [4.69, 9.17) is 13.9 Å². The lowest BCUT2D eigenvalue weighted by Gasteiger charge is -2.06. The third-order valence-corrected chi connectivity index (χ3v) is 2.93. The highest BCUT2D eigenvalue weighted by molar-refractivity contribution is 6.04. The molecule has 1 aromatic heterocycles. The Balaban J connectivity index is 2.17.